The van der Waals surface area contributed by atoms with Crippen LogP contribution in [0.3, 0.4) is 0 Å². The molecule has 1 aliphatic rings. The molecule has 0 aromatic heterocycles. The Kier molecular flexibility index (Phi) is 6.17. The molecule has 0 spiro atoms. The van der Waals surface area contributed by atoms with Crippen LogP contribution >= 0.6 is 0 Å². The number of benzene rings is 3. The van der Waals surface area contributed by atoms with Gasteiger partial charge in [-0.05, 0) is 23.6 Å². The van der Waals surface area contributed by atoms with E-state index in [1.165, 1.54) is 6.92 Å². The van der Waals surface area contributed by atoms with E-state index in [1.54, 1.807) is 0 Å². The van der Waals surface area contributed by atoms with Gasteiger partial charge in [0.15, 0.2) is 5.41 Å². The lowest BCUT2D eigenvalue weighted by Crippen LogP contribution is -2.34. The van der Waals surface area contributed by atoms with E-state index >= 15 is 0 Å². The summed E-state index contributed by atoms with van der Waals surface area (Å²) >= 11 is 0. The van der Waals surface area contributed by atoms with Crippen LogP contribution in [0.5, 0.6) is 0 Å². The Morgan fingerprint density at radius 2 is 1.09 bits per heavy atom. The van der Waals surface area contributed by atoms with Gasteiger partial charge in [-0.15, -0.1) is 0 Å². The van der Waals surface area contributed by atoms with Crippen molar-refractivity contribution in [2.75, 3.05) is 0 Å². The van der Waals surface area contributed by atoms with E-state index in [9.17, 15) is 14.4 Å². The molecule has 0 aliphatic heterocycles. The van der Waals surface area contributed by atoms with Crippen molar-refractivity contribution in [3.8, 4) is 0 Å². The van der Waals surface area contributed by atoms with Crippen molar-refractivity contribution in [2.45, 2.75) is 26.1 Å². The molecule has 1 saturated carbocycles. The largest absolute Gasteiger partial charge is 0.460 e. The van der Waals surface area contributed by atoms with E-state index in [0.29, 0.717) is 0 Å². The normalized spacial score (nSPS) is 18.4. The SMILES string of the molecule is CC(=O)[C@@H]1[C@@H](c2ccccc2)C1(C(=O)OCc1ccccc1)C(=O)OCc1ccccc1. The van der Waals surface area contributed by atoms with Gasteiger partial charge in [0.2, 0.25) is 0 Å². The summed E-state index contributed by atoms with van der Waals surface area (Å²) in [6, 6.07) is 27.5. The molecule has 0 heterocycles. The molecule has 2 atom stereocenters. The predicted molar refractivity (Wildman–Crippen MR) is 118 cm³/mol. The summed E-state index contributed by atoms with van der Waals surface area (Å²) in [5.74, 6) is -3.14. The number of hydrogen-bond acceptors (Lipinski definition) is 5. The molecule has 4 rings (SSSR count). The molecule has 0 unspecified atom stereocenters. The summed E-state index contributed by atoms with van der Waals surface area (Å²) in [6.07, 6.45) is 0. The first-order valence-corrected chi connectivity index (χ1v) is 10.5. The second-order valence-electron chi connectivity index (χ2n) is 7.97. The van der Waals surface area contributed by atoms with Gasteiger partial charge in [0.1, 0.15) is 19.0 Å². The van der Waals surface area contributed by atoms with Gasteiger partial charge in [0, 0.05) is 5.92 Å². The number of rotatable bonds is 8. The highest BCUT2D eigenvalue weighted by molar-refractivity contribution is 6.12. The zero-order chi connectivity index (χ0) is 22.6. The number of carbonyl (C=O) groups is 3. The minimum atomic E-state index is -1.68. The Morgan fingerprint density at radius 3 is 1.50 bits per heavy atom. The molecule has 1 aliphatic carbocycles. The number of hydrogen-bond donors (Lipinski definition) is 0. The fourth-order valence-corrected chi connectivity index (χ4v) is 4.34. The fourth-order valence-electron chi connectivity index (χ4n) is 4.34. The van der Waals surface area contributed by atoms with Crippen molar-refractivity contribution in [1.82, 2.24) is 0 Å². The van der Waals surface area contributed by atoms with Gasteiger partial charge in [-0.25, -0.2) is 0 Å². The van der Waals surface area contributed by atoms with Crippen LogP contribution in [0.25, 0.3) is 0 Å². The van der Waals surface area contributed by atoms with Gasteiger partial charge in [-0.3, -0.25) is 14.4 Å². The average molecular weight is 428 g/mol. The molecule has 0 amide bonds. The van der Waals surface area contributed by atoms with Crippen LogP contribution < -0.4 is 0 Å². The van der Waals surface area contributed by atoms with Crippen molar-refractivity contribution in [1.29, 1.82) is 0 Å². The Balaban J connectivity index is 1.63. The monoisotopic (exact) mass is 428 g/mol. The molecule has 5 heteroatoms. The summed E-state index contributed by atoms with van der Waals surface area (Å²) in [5, 5.41) is 0. The summed E-state index contributed by atoms with van der Waals surface area (Å²) in [7, 11) is 0. The topological polar surface area (TPSA) is 69.7 Å². The second-order valence-corrected chi connectivity index (χ2v) is 7.97. The zero-order valence-electron chi connectivity index (χ0n) is 17.8. The van der Waals surface area contributed by atoms with Gasteiger partial charge in [0.05, 0.1) is 5.92 Å². The van der Waals surface area contributed by atoms with E-state index in [1.807, 2.05) is 91.0 Å². The lowest BCUT2D eigenvalue weighted by molar-refractivity contribution is -0.168. The van der Waals surface area contributed by atoms with Crippen molar-refractivity contribution < 1.29 is 23.9 Å². The molecular weight excluding hydrogens is 404 g/mol. The van der Waals surface area contributed by atoms with E-state index in [4.69, 9.17) is 9.47 Å². The number of ketones is 1. The van der Waals surface area contributed by atoms with Crippen molar-refractivity contribution >= 4 is 17.7 Å². The molecule has 0 saturated heterocycles. The zero-order valence-corrected chi connectivity index (χ0v) is 17.8. The van der Waals surface area contributed by atoms with Crippen molar-refractivity contribution in [3.05, 3.63) is 108 Å². The summed E-state index contributed by atoms with van der Waals surface area (Å²) in [5.41, 5.74) is 0.646. The molecule has 3 aromatic rings. The fraction of sp³-hybridized carbons (Fsp3) is 0.222. The van der Waals surface area contributed by atoms with Crippen LogP contribution in [0.4, 0.5) is 0 Å². The maximum atomic E-state index is 13.4. The molecular formula is C27H24O5. The number of esters is 2. The summed E-state index contributed by atoms with van der Waals surface area (Å²) < 4.78 is 11.1. The molecule has 1 fully saturated rings. The number of ether oxygens (including phenoxy) is 2. The highest BCUT2D eigenvalue weighted by Crippen LogP contribution is 2.66. The lowest BCUT2D eigenvalue weighted by Gasteiger charge is -2.17. The average Bonchev–Trinajstić information content (AvgIpc) is 3.55. The molecule has 162 valence electrons. The molecule has 0 radical (unpaired) electrons. The molecule has 0 bridgehead atoms. The Morgan fingerprint density at radius 1 is 0.688 bits per heavy atom. The molecule has 5 nitrogen and oxygen atoms in total. The summed E-state index contributed by atoms with van der Waals surface area (Å²) in [4.78, 5) is 39.3. The summed E-state index contributed by atoms with van der Waals surface area (Å²) in [6.45, 7) is 1.43. The van der Waals surface area contributed by atoms with Gasteiger partial charge >= 0.3 is 11.9 Å². The minimum Gasteiger partial charge on any atom is -0.460 e. The second kappa shape index (κ2) is 9.18. The highest BCUT2D eigenvalue weighted by Gasteiger charge is 2.78. The third-order valence-electron chi connectivity index (χ3n) is 5.90. The maximum absolute atomic E-state index is 13.4. The smallest absolute Gasteiger partial charge is 0.325 e. The van der Waals surface area contributed by atoms with Crippen LogP contribution in [-0.4, -0.2) is 17.7 Å². The number of Topliss-reactive ketones (excluding diaryl/α,β-unsaturated/α-hetero) is 1. The third kappa shape index (κ3) is 4.06. The molecule has 3 aromatic carbocycles. The van der Waals surface area contributed by atoms with E-state index in [0.717, 1.165) is 16.7 Å². The standard InChI is InChI=1S/C27H24O5/c1-19(28)23-24(22-15-9-4-10-16-22)27(23,25(29)31-17-20-11-5-2-6-12-20)26(30)32-18-21-13-7-3-8-14-21/h2-16,23-24H,17-18H2,1H3/t23-,24-/m1/s1. The lowest BCUT2D eigenvalue weighted by atomic mass is 9.98. The molecule has 32 heavy (non-hydrogen) atoms. The number of carbonyl (C=O) groups excluding carboxylic acids is 3. The first kappa shape index (κ1) is 21.5. The van der Waals surface area contributed by atoms with Gasteiger partial charge in [-0.2, -0.15) is 0 Å². The van der Waals surface area contributed by atoms with E-state index < -0.39 is 29.2 Å². The van der Waals surface area contributed by atoms with Crippen molar-refractivity contribution in [3.63, 3.8) is 0 Å². The van der Waals surface area contributed by atoms with Crippen molar-refractivity contribution in [2.24, 2.45) is 11.3 Å². The van der Waals surface area contributed by atoms with Crippen LogP contribution in [0, 0.1) is 11.3 Å². The van der Waals surface area contributed by atoms with Gasteiger partial charge in [0.25, 0.3) is 0 Å². The molecule has 0 N–H and O–H groups in total. The first-order chi connectivity index (χ1) is 15.5. The Hall–Kier alpha value is -3.73. The van der Waals surface area contributed by atoms with Crippen LogP contribution in [0.2, 0.25) is 0 Å². The maximum Gasteiger partial charge on any atom is 0.325 e. The highest BCUT2D eigenvalue weighted by atomic mass is 16.6. The van der Waals surface area contributed by atoms with Gasteiger partial charge in [-0.1, -0.05) is 91.0 Å². The quantitative estimate of drug-likeness (QED) is 0.391. The Labute approximate surface area is 187 Å². The van der Waals surface area contributed by atoms with E-state index in [2.05, 4.69) is 0 Å². The first-order valence-electron chi connectivity index (χ1n) is 10.5. The minimum absolute atomic E-state index is 0.0134. The third-order valence-corrected chi connectivity index (χ3v) is 5.90. The predicted octanol–water partition coefficient (Wildman–Crippen LogP) is 4.46. The van der Waals surface area contributed by atoms with E-state index in [-0.39, 0.29) is 19.0 Å². The van der Waals surface area contributed by atoms with Crippen LogP contribution in [0.15, 0.2) is 91.0 Å². The van der Waals surface area contributed by atoms with Crippen LogP contribution in [-0.2, 0) is 37.1 Å². The Bertz CT molecular complexity index is 1040. The van der Waals surface area contributed by atoms with Crippen LogP contribution in [0.1, 0.15) is 29.5 Å². The van der Waals surface area contributed by atoms with Gasteiger partial charge < -0.3 is 9.47 Å².